The van der Waals surface area contributed by atoms with E-state index in [0.717, 1.165) is 21.3 Å². The van der Waals surface area contributed by atoms with Gasteiger partial charge in [-0.2, -0.15) is 5.10 Å². The molecule has 0 spiro atoms. The number of nitrogens with one attached hydrogen (secondary N) is 2. The van der Waals surface area contributed by atoms with Crippen LogP contribution in [0.3, 0.4) is 0 Å². The van der Waals surface area contributed by atoms with E-state index in [0.29, 0.717) is 12.2 Å². The molecule has 0 bridgehead atoms. The van der Waals surface area contributed by atoms with Crippen LogP contribution in [0.1, 0.15) is 37.7 Å². The Kier molecular flexibility index (Phi) is 4.47. The Morgan fingerprint density at radius 3 is 2.70 bits per heavy atom. The van der Waals surface area contributed by atoms with Gasteiger partial charge in [0, 0.05) is 11.4 Å². The molecule has 6 nitrogen and oxygen atoms in total. The SMILES string of the molecule is Cc1nc(C(=O)NC[C@@H](c2ccccc2)c2ncn[nH]2)c(C)s1. The van der Waals surface area contributed by atoms with Gasteiger partial charge >= 0.3 is 0 Å². The average molecular weight is 327 g/mol. The number of carbonyl (C=O) groups excluding carboxylic acids is 1. The molecule has 0 fully saturated rings. The topological polar surface area (TPSA) is 83.6 Å². The zero-order chi connectivity index (χ0) is 16.2. The van der Waals surface area contributed by atoms with Crippen molar-refractivity contribution < 1.29 is 4.79 Å². The number of hydrogen-bond donors (Lipinski definition) is 2. The second kappa shape index (κ2) is 6.70. The van der Waals surface area contributed by atoms with Crippen LogP contribution in [0.2, 0.25) is 0 Å². The van der Waals surface area contributed by atoms with Crippen molar-refractivity contribution in [3.05, 3.63) is 63.6 Å². The third kappa shape index (κ3) is 3.45. The second-order valence-corrected chi connectivity index (χ2v) is 6.59. The van der Waals surface area contributed by atoms with Crippen molar-refractivity contribution in [1.29, 1.82) is 0 Å². The fourth-order valence-electron chi connectivity index (χ4n) is 2.46. The number of H-pyrrole nitrogens is 1. The summed E-state index contributed by atoms with van der Waals surface area (Å²) in [7, 11) is 0. The van der Waals surface area contributed by atoms with E-state index in [4.69, 9.17) is 0 Å². The van der Waals surface area contributed by atoms with Gasteiger partial charge in [-0.05, 0) is 19.4 Å². The van der Waals surface area contributed by atoms with E-state index in [2.05, 4.69) is 25.5 Å². The van der Waals surface area contributed by atoms with Gasteiger partial charge in [0.2, 0.25) is 0 Å². The van der Waals surface area contributed by atoms with Crippen LogP contribution in [0.5, 0.6) is 0 Å². The normalized spacial score (nSPS) is 12.1. The molecular formula is C16H17N5OS. The van der Waals surface area contributed by atoms with Crippen molar-refractivity contribution in [2.24, 2.45) is 0 Å². The Hall–Kier alpha value is -2.54. The van der Waals surface area contributed by atoms with Crippen LogP contribution >= 0.6 is 11.3 Å². The second-order valence-electron chi connectivity index (χ2n) is 5.18. The van der Waals surface area contributed by atoms with E-state index >= 15 is 0 Å². The van der Waals surface area contributed by atoms with Crippen molar-refractivity contribution in [2.75, 3.05) is 6.54 Å². The van der Waals surface area contributed by atoms with E-state index in [1.807, 2.05) is 44.2 Å². The van der Waals surface area contributed by atoms with Crippen LogP contribution in [-0.2, 0) is 0 Å². The minimum atomic E-state index is -0.160. The van der Waals surface area contributed by atoms with E-state index in [9.17, 15) is 4.79 Å². The van der Waals surface area contributed by atoms with Gasteiger partial charge in [-0.15, -0.1) is 11.3 Å². The maximum absolute atomic E-state index is 12.4. The molecule has 0 radical (unpaired) electrons. The lowest BCUT2D eigenvalue weighted by atomic mass is 9.98. The van der Waals surface area contributed by atoms with Crippen LogP contribution in [-0.4, -0.2) is 32.6 Å². The van der Waals surface area contributed by atoms with Crippen molar-refractivity contribution in [3.63, 3.8) is 0 Å². The highest BCUT2D eigenvalue weighted by Crippen LogP contribution is 2.21. The number of nitrogens with zero attached hydrogens (tertiary/aromatic N) is 3. The average Bonchev–Trinajstić information content (AvgIpc) is 3.18. The molecule has 1 amide bonds. The van der Waals surface area contributed by atoms with Gasteiger partial charge in [0.1, 0.15) is 17.8 Å². The van der Waals surface area contributed by atoms with Gasteiger partial charge in [0.05, 0.1) is 10.9 Å². The van der Waals surface area contributed by atoms with E-state index in [-0.39, 0.29) is 11.8 Å². The maximum atomic E-state index is 12.4. The monoisotopic (exact) mass is 327 g/mol. The Morgan fingerprint density at radius 1 is 1.30 bits per heavy atom. The minimum Gasteiger partial charge on any atom is -0.350 e. The zero-order valence-electron chi connectivity index (χ0n) is 12.9. The molecule has 7 heteroatoms. The summed E-state index contributed by atoms with van der Waals surface area (Å²) in [6.07, 6.45) is 1.47. The number of carbonyl (C=O) groups is 1. The predicted octanol–water partition coefficient (Wildman–Crippen LogP) is 2.44. The molecule has 2 N–H and O–H groups in total. The molecule has 0 saturated carbocycles. The van der Waals surface area contributed by atoms with Crippen LogP contribution in [0.4, 0.5) is 0 Å². The highest BCUT2D eigenvalue weighted by Gasteiger charge is 2.20. The molecule has 0 unspecified atom stereocenters. The van der Waals surface area contributed by atoms with E-state index in [1.54, 1.807) is 0 Å². The van der Waals surface area contributed by atoms with Crippen molar-refractivity contribution in [2.45, 2.75) is 19.8 Å². The number of amides is 1. The number of thiazole rings is 1. The molecule has 118 valence electrons. The maximum Gasteiger partial charge on any atom is 0.271 e. The molecule has 2 aromatic heterocycles. The number of benzene rings is 1. The molecule has 3 aromatic rings. The molecule has 1 atom stereocenters. The van der Waals surface area contributed by atoms with Gasteiger partial charge in [0.25, 0.3) is 5.91 Å². The number of hydrogen-bond acceptors (Lipinski definition) is 5. The lowest BCUT2D eigenvalue weighted by Crippen LogP contribution is -2.30. The Morgan fingerprint density at radius 2 is 2.09 bits per heavy atom. The van der Waals surface area contributed by atoms with E-state index in [1.165, 1.54) is 17.7 Å². The summed E-state index contributed by atoms with van der Waals surface area (Å²) in [4.78, 5) is 21.8. The smallest absolute Gasteiger partial charge is 0.271 e. The first-order valence-electron chi connectivity index (χ1n) is 7.27. The lowest BCUT2D eigenvalue weighted by Gasteiger charge is -2.15. The Labute approximate surface area is 138 Å². The number of rotatable bonds is 5. The Bertz CT molecular complexity index is 782. The third-order valence-electron chi connectivity index (χ3n) is 3.55. The van der Waals surface area contributed by atoms with Gasteiger partial charge < -0.3 is 5.32 Å². The molecule has 1 aromatic carbocycles. The summed E-state index contributed by atoms with van der Waals surface area (Å²) in [5.74, 6) is 0.484. The molecule has 0 aliphatic heterocycles. The largest absolute Gasteiger partial charge is 0.350 e. The number of aromatic nitrogens is 4. The number of aromatic amines is 1. The van der Waals surface area contributed by atoms with Crippen LogP contribution in [0, 0.1) is 13.8 Å². The molecule has 0 saturated heterocycles. The lowest BCUT2D eigenvalue weighted by molar-refractivity contribution is 0.0947. The fraction of sp³-hybridized carbons (Fsp3) is 0.250. The number of aryl methyl sites for hydroxylation is 2. The molecule has 0 aliphatic carbocycles. The quantitative estimate of drug-likeness (QED) is 0.754. The summed E-state index contributed by atoms with van der Waals surface area (Å²) in [6.45, 7) is 4.23. The molecular weight excluding hydrogens is 310 g/mol. The molecule has 0 aliphatic rings. The highest BCUT2D eigenvalue weighted by molar-refractivity contribution is 7.11. The first-order chi connectivity index (χ1) is 11.1. The molecule has 3 rings (SSSR count). The molecule has 23 heavy (non-hydrogen) atoms. The highest BCUT2D eigenvalue weighted by atomic mass is 32.1. The van der Waals surface area contributed by atoms with Crippen molar-refractivity contribution >= 4 is 17.2 Å². The van der Waals surface area contributed by atoms with Gasteiger partial charge in [-0.3, -0.25) is 9.89 Å². The first kappa shape index (κ1) is 15.4. The van der Waals surface area contributed by atoms with Gasteiger partial charge in [-0.1, -0.05) is 30.3 Å². The summed E-state index contributed by atoms with van der Waals surface area (Å²) in [5, 5.41) is 10.6. The van der Waals surface area contributed by atoms with E-state index < -0.39 is 0 Å². The van der Waals surface area contributed by atoms with Crippen LogP contribution in [0.25, 0.3) is 0 Å². The van der Waals surface area contributed by atoms with Gasteiger partial charge in [0.15, 0.2) is 0 Å². The predicted molar refractivity (Wildman–Crippen MR) is 88.6 cm³/mol. The van der Waals surface area contributed by atoms with Crippen molar-refractivity contribution in [3.8, 4) is 0 Å². The van der Waals surface area contributed by atoms with Crippen LogP contribution < -0.4 is 5.32 Å². The summed E-state index contributed by atoms with van der Waals surface area (Å²) >= 11 is 1.53. The first-order valence-corrected chi connectivity index (χ1v) is 8.09. The third-order valence-corrected chi connectivity index (χ3v) is 4.44. The minimum absolute atomic E-state index is 0.0808. The van der Waals surface area contributed by atoms with Crippen LogP contribution in [0.15, 0.2) is 36.7 Å². The zero-order valence-corrected chi connectivity index (χ0v) is 13.7. The summed E-state index contributed by atoms with van der Waals surface area (Å²) in [6, 6.07) is 9.92. The standard InChI is InChI=1S/C16H17N5OS/c1-10-14(20-11(2)23-10)16(22)17-8-13(15-18-9-19-21-15)12-6-4-3-5-7-12/h3-7,9,13H,8H2,1-2H3,(H,17,22)(H,18,19,21)/t13-/m0/s1. The fourth-order valence-corrected chi connectivity index (χ4v) is 3.27. The molecule has 2 heterocycles. The van der Waals surface area contributed by atoms with Gasteiger partial charge in [-0.25, -0.2) is 9.97 Å². The summed E-state index contributed by atoms with van der Waals surface area (Å²) < 4.78 is 0. The Balaban J connectivity index is 1.77. The summed E-state index contributed by atoms with van der Waals surface area (Å²) in [5.41, 5.74) is 1.56. The van der Waals surface area contributed by atoms with Crippen molar-refractivity contribution in [1.82, 2.24) is 25.5 Å².